The minimum Gasteiger partial charge on any atom is -0.339 e. The van der Waals surface area contributed by atoms with Crippen LogP contribution in [0.2, 0.25) is 0 Å². The lowest BCUT2D eigenvalue weighted by Gasteiger charge is -2.36. The summed E-state index contributed by atoms with van der Waals surface area (Å²) in [7, 11) is 0. The molecule has 0 aromatic carbocycles. The smallest absolute Gasteiger partial charge is 0.223 e. The lowest BCUT2D eigenvalue weighted by atomic mass is 9.82. The molecule has 0 unspecified atom stereocenters. The molecule has 1 aliphatic heterocycles. The number of halogens is 1. The first-order chi connectivity index (χ1) is 6.44. The highest BCUT2D eigenvalue weighted by Crippen LogP contribution is 2.30. The molecular weight excluding hydrogens is 198 g/mol. The van der Waals surface area contributed by atoms with Gasteiger partial charge in [0.25, 0.3) is 0 Å². The van der Waals surface area contributed by atoms with Crippen molar-refractivity contribution in [3.63, 3.8) is 0 Å². The van der Waals surface area contributed by atoms with Gasteiger partial charge in [0.1, 0.15) is 0 Å². The lowest BCUT2D eigenvalue weighted by molar-refractivity contribution is -0.136. The molecule has 0 N–H and O–H groups in total. The molecule has 0 atom stereocenters. The van der Waals surface area contributed by atoms with Crippen molar-refractivity contribution >= 4 is 17.5 Å². The second kappa shape index (κ2) is 4.35. The Morgan fingerprint density at radius 3 is 2.79 bits per heavy atom. The normalized spacial score (nSPS) is 21.1. The maximum absolute atomic E-state index is 11.7. The summed E-state index contributed by atoms with van der Waals surface area (Å²) >= 11 is 5.64. The van der Waals surface area contributed by atoms with Crippen LogP contribution in [0.4, 0.5) is 0 Å². The molecule has 0 aliphatic carbocycles. The molecule has 0 spiro atoms. The molecule has 0 aromatic heterocycles. The fourth-order valence-electron chi connectivity index (χ4n) is 1.65. The number of amides is 1. The van der Waals surface area contributed by atoms with Crippen LogP contribution in [0.5, 0.6) is 0 Å². The first kappa shape index (κ1) is 11.6. The maximum atomic E-state index is 11.7. The summed E-state index contributed by atoms with van der Waals surface area (Å²) in [6.45, 7) is 9.55. The van der Waals surface area contributed by atoms with Crippen molar-refractivity contribution in [1.82, 2.24) is 4.90 Å². The molecule has 1 fully saturated rings. The van der Waals surface area contributed by atoms with Crippen LogP contribution in [0.15, 0.2) is 12.2 Å². The van der Waals surface area contributed by atoms with Gasteiger partial charge in [-0.05, 0) is 17.4 Å². The Labute approximate surface area is 90.9 Å². The summed E-state index contributed by atoms with van der Waals surface area (Å²) in [4.78, 5) is 13.6. The number of carbonyl (C=O) groups excluding carboxylic acids is 1. The van der Waals surface area contributed by atoms with E-state index in [1.807, 2.05) is 4.90 Å². The van der Waals surface area contributed by atoms with Crippen LogP contribution in [-0.2, 0) is 4.79 Å². The highest BCUT2D eigenvalue weighted by atomic mass is 35.5. The number of piperidine rings is 1. The van der Waals surface area contributed by atoms with Gasteiger partial charge in [-0.25, -0.2) is 0 Å². The number of likely N-dealkylation sites (tertiary alicyclic amines) is 1. The van der Waals surface area contributed by atoms with E-state index in [1.165, 1.54) is 0 Å². The second-order valence-electron chi connectivity index (χ2n) is 4.79. The quantitative estimate of drug-likeness (QED) is 0.523. The Bertz CT molecular complexity index is 248. The van der Waals surface area contributed by atoms with Crippen molar-refractivity contribution in [2.75, 3.05) is 19.0 Å². The van der Waals surface area contributed by atoms with Gasteiger partial charge >= 0.3 is 0 Å². The van der Waals surface area contributed by atoms with Gasteiger partial charge in [0.05, 0.1) is 0 Å². The Balaban J connectivity index is 2.50. The zero-order chi connectivity index (χ0) is 10.8. The largest absolute Gasteiger partial charge is 0.339 e. The second-order valence-corrected chi connectivity index (χ2v) is 5.06. The summed E-state index contributed by atoms with van der Waals surface area (Å²) < 4.78 is 0. The van der Waals surface area contributed by atoms with Crippen LogP contribution in [-0.4, -0.2) is 29.8 Å². The molecule has 1 rings (SSSR count). The molecule has 3 heteroatoms. The van der Waals surface area contributed by atoms with Crippen LogP contribution >= 0.6 is 11.6 Å². The van der Waals surface area contributed by atoms with Gasteiger partial charge in [-0.1, -0.05) is 20.4 Å². The van der Waals surface area contributed by atoms with Crippen molar-refractivity contribution in [2.45, 2.75) is 26.7 Å². The van der Waals surface area contributed by atoms with Crippen LogP contribution in [0.3, 0.4) is 0 Å². The Hall–Kier alpha value is -0.500. The van der Waals surface area contributed by atoms with Crippen molar-refractivity contribution in [3.05, 3.63) is 12.2 Å². The van der Waals surface area contributed by atoms with Gasteiger partial charge in [-0.2, -0.15) is 0 Å². The maximum Gasteiger partial charge on any atom is 0.223 e. The Kier molecular flexibility index (Phi) is 3.59. The van der Waals surface area contributed by atoms with E-state index in [4.69, 9.17) is 11.6 Å². The fourth-order valence-corrected chi connectivity index (χ4v) is 1.74. The Morgan fingerprint density at radius 2 is 2.29 bits per heavy atom. The third-order valence-corrected chi connectivity index (χ3v) is 3.02. The number of carbonyl (C=O) groups is 1. The zero-order valence-corrected chi connectivity index (χ0v) is 9.73. The number of rotatable bonds is 3. The number of nitrogens with zero attached hydrogens (tertiary/aromatic N) is 1. The van der Waals surface area contributed by atoms with Crippen LogP contribution < -0.4 is 0 Å². The van der Waals surface area contributed by atoms with E-state index in [2.05, 4.69) is 20.4 Å². The molecule has 1 amide bonds. The number of alkyl halides is 1. The molecule has 0 radical (unpaired) electrons. The van der Waals surface area contributed by atoms with Gasteiger partial charge in [-0.15, -0.1) is 11.6 Å². The van der Waals surface area contributed by atoms with E-state index in [9.17, 15) is 4.79 Å². The van der Waals surface area contributed by atoms with Crippen molar-refractivity contribution in [1.29, 1.82) is 0 Å². The van der Waals surface area contributed by atoms with Gasteiger partial charge in [0.15, 0.2) is 0 Å². The highest BCUT2D eigenvalue weighted by Gasteiger charge is 2.31. The molecular formula is C11H18ClNO. The Morgan fingerprint density at radius 1 is 1.64 bits per heavy atom. The molecule has 2 nitrogen and oxygen atoms in total. The van der Waals surface area contributed by atoms with Gasteiger partial charge < -0.3 is 4.90 Å². The SMILES string of the molecule is C=C(CCl)CN1CCC(C)(C)CC1=O. The van der Waals surface area contributed by atoms with E-state index < -0.39 is 0 Å². The highest BCUT2D eigenvalue weighted by molar-refractivity contribution is 6.19. The topological polar surface area (TPSA) is 20.3 Å². The average Bonchev–Trinajstić information content (AvgIpc) is 2.09. The average molecular weight is 216 g/mol. The number of hydrogen-bond donors (Lipinski definition) is 0. The zero-order valence-electron chi connectivity index (χ0n) is 8.98. The predicted octanol–water partition coefficient (Wildman–Crippen LogP) is 2.43. The van der Waals surface area contributed by atoms with E-state index in [0.29, 0.717) is 18.8 Å². The third kappa shape index (κ3) is 3.02. The minimum atomic E-state index is 0.163. The molecule has 0 saturated carbocycles. The van der Waals surface area contributed by atoms with Gasteiger partial charge in [0.2, 0.25) is 5.91 Å². The monoisotopic (exact) mass is 215 g/mol. The molecule has 0 aromatic rings. The summed E-state index contributed by atoms with van der Waals surface area (Å²) in [5.74, 6) is 0.667. The molecule has 0 bridgehead atoms. The number of hydrogen-bond acceptors (Lipinski definition) is 1. The first-order valence-electron chi connectivity index (χ1n) is 4.95. The molecule has 1 saturated heterocycles. The van der Waals surface area contributed by atoms with Crippen LogP contribution in [0.1, 0.15) is 26.7 Å². The van der Waals surface area contributed by atoms with E-state index >= 15 is 0 Å². The predicted molar refractivity (Wildman–Crippen MR) is 59.5 cm³/mol. The van der Waals surface area contributed by atoms with Gasteiger partial charge in [-0.3, -0.25) is 4.79 Å². The summed E-state index contributed by atoms with van der Waals surface area (Å²) in [5.41, 5.74) is 1.08. The molecule has 14 heavy (non-hydrogen) atoms. The molecule has 1 heterocycles. The molecule has 1 aliphatic rings. The van der Waals surface area contributed by atoms with Crippen molar-refractivity contribution in [2.24, 2.45) is 5.41 Å². The first-order valence-corrected chi connectivity index (χ1v) is 5.48. The van der Waals surface area contributed by atoms with Crippen LogP contribution in [0.25, 0.3) is 0 Å². The summed E-state index contributed by atoms with van der Waals surface area (Å²) in [5, 5.41) is 0. The lowest BCUT2D eigenvalue weighted by Crippen LogP contribution is -2.42. The molecule has 80 valence electrons. The van der Waals surface area contributed by atoms with Crippen molar-refractivity contribution in [3.8, 4) is 0 Å². The minimum absolute atomic E-state index is 0.163. The van der Waals surface area contributed by atoms with E-state index in [0.717, 1.165) is 18.5 Å². The third-order valence-electron chi connectivity index (χ3n) is 2.64. The summed E-state index contributed by atoms with van der Waals surface area (Å²) in [6, 6.07) is 0. The van der Waals surface area contributed by atoms with E-state index in [1.54, 1.807) is 0 Å². The summed E-state index contributed by atoms with van der Waals surface area (Å²) in [6.07, 6.45) is 1.71. The van der Waals surface area contributed by atoms with Crippen molar-refractivity contribution < 1.29 is 4.79 Å². The van der Waals surface area contributed by atoms with E-state index in [-0.39, 0.29) is 11.3 Å². The van der Waals surface area contributed by atoms with Crippen LogP contribution in [0, 0.1) is 5.41 Å². The fraction of sp³-hybridized carbons (Fsp3) is 0.727. The standard InChI is InChI=1S/C11H18ClNO/c1-9(7-12)8-13-5-4-11(2,3)6-10(13)14/h1,4-8H2,2-3H3. The van der Waals surface area contributed by atoms with Gasteiger partial charge in [0, 0.05) is 25.4 Å².